The normalized spacial score (nSPS) is 10.8. The highest BCUT2D eigenvalue weighted by Gasteiger charge is 2.11. The van der Waals surface area contributed by atoms with Crippen LogP contribution in [-0.2, 0) is 6.42 Å². The number of hydrogen-bond donors (Lipinski definition) is 1. The van der Waals surface area contributed by atoms with E-state index in [2.05, 4.69) is 10.1 Å². The van der Waals surface area contributed by atoms with Crippen molar-refractivity contribution in [2.45, 2.75) is 20.3 Å². The minimum atomic E-state index is 0.553. The zero-order valence-electron chi connectivity index (χ0n) is 9.94. The molecule has 0 radical (unpaired) electrons. The number of nitrogens with two attached hydrogens (primary N) is 1. The summed E-state index contributed by atoms with van der Waals surface area (Å²) in [6.07, 6.45) is 0.701. The topological polar surface area (TPSA) is 56.7 Å². The van der Waals surface area contributed by atoms with Crippen LogP contribution in [0.1, 0.15) is 17.2 Å². The number of hydrogen-bond acceptors (Lipinski definition) is 3. The molecule has 0 aliphatic heterocycles. The van der Waals surface area contributed by atoms with Crippen molar-refractivity contribution in [1.29, 1.82) is 0 Å². The van der Waals surface area contributed by atoms with E-state index in [0.717, 1.165) is 22.9 Å². The first kappa shape index (κ1) is 12.1. The highest BCUT2D eigenvalue weighted by atomic mass is 35.5. The first-order valence-electron chi connectivity index (χ1n) is 5.51. The van der Waals surface area contributed by atoms with Gasteiger partial charge in [0.25, 0.3) is 0 Å². The summed E-state index contributed by atoms with van der Waals surface area (Å²) < 4.78 is 1.82. The Morgan fingerprint density at radius 2 is 2.12 bits per heavy atom. The van der Waals surface area contributed by atoms with Crippen LogP contribution in [0, 0.1) is 13.8 Å². The number of benzene rings is 1. The van der Waals surface area contributed by atoms with Crippen molar-refractivity contribution in [1.82, 2.24) is 14.8 Å². The summed E-state index contributed by atoms with van der Waals surface area (Å²) in [6, 6.07) is 5.73. The molecule has 0 saturated carbocycles. The second kappa shape index (κ2) is 4.85. The molecule has 2 aromatic rings. The molecule has 1 aromatic carbocycles. The Morgan fingerprint density at radius 1 is 1.35 bits per heavy atom. The molecule has 1 aromatic heterocycles. The smallest absolute Gasteiger partial charge is 0.148 e. The second-order valence-electron chi connectivity index (χ2n) is 3.96. The van der Waals surface area contributed by atoms with Gasteiger partial charge in [-0.15, -0.1) is 0 Å². The van der Waals surface area contributed by atoms with E-state index in [1.54, 1.807) is 0 Å². The second-order valence-corrected chi connectivity index (χ2v) is 4.39. The monoisotopic (exact) mass is 250 g/mol. The minimum absolute atomic E-state index is 0.553. The Bertz CT molecular complexity index is 533. The lowest BCUT2D eigenvalue weighted by molar-refractivity contribution is 0.770. The van der Waals surface area contributed by atoms with Gasteiger partial charge >= 0.3 is 0 Å². The molecule has 2 N–H and O–H groups in total. The molecule has 0 bridgehead atoms. The molecule has 0 atom stereocenters. The summed E-state index contributed by atoms with van der Waals surface area (Å²) in [4.78, 5) is 4.38. The van der Waals surface area contributed by atoms with Crippen LogP contribution in [0.15, 0.2) is 18.2 Å². The minimum Gasteiger partial charge on any atom is -0.330 e. The predicted molar refractivity (Wildman–Crippen MR) is 68.6 cm³/mol. The molecule has 90 valence electrons. The maximum absolute atomic E-state index is 6.02. The third-order valence-corrected chi connectivity index (χ3v) is 2.78. The van der Waals surface area contributed by atoms with Crippen molar-refractivity contribution >= 4 is 11.6 Å². The lowest BCUT2D eigenvalue weighted by Crippen LogP contribution is -2.10. The predicted octanol–water partition coefficient (Wildman–Crippen LogP) is 2.04. The molecule has 0 fully saturated rings. The Labute approximate surface area is 105 Å². The Morgan fingerprint density at radius 3 is 2.82 bits per heavy atom. The lowest BCUT2D eigenvalue weighted by Gasteiger charge is -2.08. The van der Waals surface area contributed by atoms with Crippen LogP contribution in [0.5, 0.6) is 0 Å². The number of aromatic nitrogens is 3. The summed E-state index contributed by atoms with van der Waals surface area (Å²) in [5, 5.41) is 5.08. The van der Waals surface area contributed by atoms with E-state index in [1.165, 1.54) is 0 Å². The van der Waals surface area contributed by atoms with Crippen molar-refractivity contribution < 1.29 is 0 Å². The molecule has 0 unspecified atom stereocenters. The number of halogens is 1. The fourth-order valence-electron chi connectivity index (χ4n) is 1.75. The zero-order valence-corrected chi connectivity index (χ0v) is 10.7. The molecule has 0 spiro atoms. The van der Waals surface area contributed by atoms with Gasteiger partial charge in [-0.2, -0.15) is 5.10 Å². The van der Waals surface area contributed by atoms with E-state index in [-0.39, 0.29) is 0 Å². The first-order chi connectivity index (χ1) is 8.11. The standard InChI is InChI=1S/C12H15ClN4/c1-8-3-4-10(13)7-11(8)17-12(5-6-14)15-9(2)16-17/h3-4,7H,5-6,14H2,1-2H3. The van der Waals surface area contributed by atoms with Gasteiger partial charge in [-0.1, -0.05) is 17.7 Å². The van der Waals surface area contributed by atoms with Gasteiger partial charge in [0, 0.05) is 11.4 Å². The Balaban J connectivity index is 2.55. The molecular weight excluding hydrogens is 236 g/mol. The van der Waals surface area contributed by atoms with Gasteiger partial charge in [0.2, 0.25) is 0 Å². The molecule has 0 aliphatic carbocycles. The lowest BCUT2D eigenvalue weighted by atomic mass is 10.2. The average Bonchev–Trinajstić information content (AvgIpc) is 2.64. The van der Waals surface area contributed by atoms with Crippen LogP contribution in [0.2, 0.25) is 5.02 Å². The molecule has 5 heteroatoms. The molecule has 2 rings (SSSR count). The summed E-state index contributed by atoms with van der Waals surface area (Å²) >= 11 is 6.02. The fraction of sp³-hybridized carbons (Fsp3) is 0.333. The van der Waals surface area contributed by atoms with E-state index in [9.17, 15) is 0 Å². The van der Waals surface area contributed by atoms with Gasteiger partial charge in [0.15, 0.2) is 0 Å². The highest BCUT2D eigenvalue weighted by Crippen LogP contribution is 2.20. The van der Waals surface area contributed by atoms with Crippen LogP contribution in [-0.4, -0.2) is 21.3 Å². The number of aryl methyl sites for hydroxylation is 2. The highest BCUT2D eigenvalue weighted by molar-refractivity contribution is 6.30. The molecule has 0 aliphatic rings. The SMILES string of the molecule is Cc1nc(CCN)n(-c2cc(Cl)ccc2C)n1. The largest absolute Gasteiger partial charge is 0.330 e. The summed E-state index contributed by atoms with van der Waals surface area (Å²) in [6.45, 7) is 4.45. The summed E-state index contributed by atoms with van der Waals surface area (Å²) in [7, 11) is 0. The van der Waals surface area contributed by atoms with Crippen molar-refractivity contribution in [3.8, 4) is 5.69 Å². The third kappa shape index (κ3) is 2.48. The van der Waals surface area contributed by atoms with E-state index in [4.69, 9.17) is 17.3 Å². The van der Waals surface area contributed by atoms with Gasteiger partial charge < -0.3 is 5.73 Å². The average molecular weight is 251 g/mol. The maximum Gasteiger partial charge on any atom is 0.148 e. The van der Waals surface area contributed by atoms with Crippen LogP contribution >= 0.6 is 11.6 Å². The molecule has 0 amide bonds. The molecule has 4 nitrogen and oxygen atoms in total. The molecule has 17 heavy (non-hydrogen) atoms. The molecular formula is C12H15ClN4. The van der Waals surface area contributed by atoms with E-state index in [0.29, 0.717) is 18.0 Å². The van der Waals surface area contributed by atoms with Crippen molar-refractivity contribution in [3.05, 3.63) is 40.4 Å². The van der Waals surface area contributed by atoms with Gasteiger partial charge in [-0.25, -0.2) is 9.67 Å². The van der Waals surface area contributed by atoms with Gasteiger partial charge in [0.05, 0.1) is 5.69 Å². The third-order valence-electron chi connectivity index (χ3n) is 2.55. The van der Waals surface area contributed by atoms with E-state index >= 15 is 0 Å². The molecule has 0 saturated heterocycles. The van der Waals surface area contributed by atoms with Crippen LogP contribution in [0.4, 0.5) is 0 Å². The van der Waals surface area contributed by atoms with Crippen molar-refractivity contribution in [3.63, 3.8) is 0 Å². The Hall–Kier alpha value is -1.39. The summed E-state index contributed by atoms with van der Waals surface area (Å²) in [5.41, 5.74) is 7.65. The fourth-order valence-corrected chi connectivity index (χ4v) is 1.92. The Kier molecular flexibility index (Phi) is 3.45. The maximum atomic E-state index is 6.02. The number of nitrogens with zero attached hydrogens (tertiary/aromatic N) is 3. The van der Waals surface area contributed by atoms with Crippen LogP contribution < -0.4 is 5.73 Å². The zero-order chi connectivity index (χ0) is 12.4. The molecule has 1 heterocycles. The van der Waals surface area contributed by atoms with E-state index < -0.39 is 0 Å². The van der Waals surface area contributed by atoms with Crippen molar-refractivity contribution in [2.24, 2.45) is 5.73 Å². The number of rotatable bonds is 3. The van der Waals surface area contributed by atoms with Gasteiger partial charge in [-0.05, 0) is 38.1 Å². The first-order valence-corrected chi connectivity index (χ1v) is 5.88. The van der Waals surface area contributed by atoms with Crippen molar-refractivity contribution in [2.75, 3.05) is 6.54 Å². The van der Waals surface area contributed by atoms with Gasteiger partial charge in [-0.3, -0.25) is 0 Å². The quantitative estimate of drug-likeness (QED) is 0.907. The van der Waals surface area contributed by atoms with Crippen LogP contribution in [0.3, 0.4) is 0 Å². The van der Waals surface area contributed by atoms with Crippen LogP contribution in [0.25, 0.3) is 5.69 Å². The summed E-state index contributed by atoms with van der Waals surface area (Å²) in [5.74, 6) is 1.61. The van der Waals surface area contributed by atoms with E-state index in [1.807, 2.05) is 36.7 Å². The van der Waals surface area contributed by atoms with Gasteiger partial charge in [0.1, 0.15) is 11.6 Å².